The summed E-state index contributed by atoms with van der Waals surface area (Å²) in [4.78, 5) is 1.97. The number of anilines is 1. The van der Waals surface area contributed by atoms with Gasteiger partial charge in [-0.1, -0.05) is 23.2 Å². The third-order valence-electron chi connectivity index (χ3n) is 5.79. The van der Waals surface area contributed by atoms with Gasteiger partial charge in [0.1, 0.15) is 17.5 Å². The van der Waals surface area contributed by atoms with Gasteiger partial charge in [0.15, 0.2) is 11.5 Å². The number of rotatable bonds is 3. The van der Waals surface area contributed by atoms with E-state index in [1.807, 2.05) is 4.90 Å². The standard InChI is InChI=1S/C24H18Cl2F3NO2/c25-18-10-14(27)4-6-16(18)24(17-7-5-15(28)11-19(17)26)31-22-12-20(29)21(13-23(22)32-24)30-8-2-1-3-9-30/h4-7,10-13H,1-3,8-9H2. The van der Waals surface area contributed by atoms with Crippen molar-refractivity contribution in [2.24, 2.45) is 0 Å². The molecule has 0 N–H and O–H groups in total. The summed E-state index contributed by atoms with van der Waals surface area (Å²) in [6, 6.07) is 10.3. The lowest BCUT2D eigenvalue weighted by molar-refractivity contribution is -0.0458. The minimum atomic E-state index is -1.75. The number of hydrogen-bond acceptors (Lipinski definition) is 3. The zero-order valence-electron chi connectivity index (χ0n) is 16.8. The van der Waals surface area contributed by atoms with Crippen LogP contribution in [0.15, 0.2) is 48.5 Å². The second kappa shape index (κ2) is 8.09. The molecule has 2 heterocycles. The predicted molar refractivity (Wildman–Crippen MR) is 117 cm³/mol. The third kappa shape index (κ3) is 3.55. The first-order valence-electron chi connectivity index (χ1n) is 10.2. The van der Waals surface area contributed by atoms with Gasteiger partial charge < -0.3 is 14.4 Å². The van der Waals surface area contributed by atoms with E-state index in [4.69, 9.17) is 32.7 Å². The third-order valence-corrected chi connectivity index (χ3v) is 6.41. The molecule has 0 bridgehead atoms. The summed E-state index contributed by atoms with van der Waals surface area (Å²) in [7, 11) is 0. The molecule has 8 heteroatoms. The average molecular weight is 480 g/mol. The fourth-order valence-corrected chi connectivity index (χ4v) is 4.85. The van der Waals surface area contributed by atoms with Crippen LogP contribution in [0.25, 0.3) is 0 Å². The summed E-state index contributed by atoms with van der Waals surface area (Å²) >= 11 is 12.7. The summed E-state index contributed by atoms with van der Waals surface area (Å²) in [5.74, 6) is -2.86. The van der Waals surface area contributed by atoms with E-state index in [0.29, 0.717) is 5.69 Å². The molecule has 0 spiro atoms. The van der Waals surface area contributed by atoms with E-state index in [9.17, 15) is 8.78 Å². The molecule has 1 fully saturated rings. The smallest absolute Gasteiger partial charge is 0.308 e. The molecular weight excluding hydrogens is 462 g/mol. The molecular formula is C24H18Cl2F3NO2. The van der Waals surface area contributed by atoms with Crippen molar-refractivity contribution in [3.8, 4) is 11.5 Å². The first kappa shape index (κ1) is 21.3. The number of piperidine rings is 1. The van der Waals surface area contributed by atoms with Gasteiger partial charge in [-0.3, -0.25) is 0 Å². The van der Waals surface area contributed by atoms with E-state index in [2.05, 4.69) is 0 Å². The van der Waals surface area contributed by atoms with Gasteiger partial charge in [0.25, 0.3) is 0 Å². The largest absolute Gasteiger partial charge is 0.440 e. The van der Waals surface area contributed by atoms with Gasteiger partial charge in [-0.2, -0.15) is 0 Å². The Balaban J connectivity index is 1.65. The Hall–Kier alpha value is -2.57. The Morgan fingerprint density at radius 3 is 1.78 bits per heavy atom. The average Bonchev–Trinajstić information content (AvgIpc) is 3.12. The maximum Gasteiger partial charge on any atom is 0.308 e. The van der Waals surface area contributed by atoms with Crippen molar-refractivity contribution in [2.75, 3.05) is 18.0 Å². The molecule has 166 valence electrons. The molecule has 5 rings (SSSR count). The molecule has 2 aliphatic rings. The Morgan fingerprint density at radius 1 is 0.719 bits per heavy atom. The normalized spacial score (nSPS) is 17.0. The lowest BCUT2D eigenvalue weighted by atomic mass is 9.96. The number of fused-ring (bicyclic) bond motifs is 1. The molecule has 0 radical (unpaired) electrons. The van der Waals surface area contributed by atoms with Gasteiger partial charge in [-0.05, 0) is 55.7 Å². The van der Waals surface area contributed by atoms with E-state index in [1.54, 1.807) is 6.07 Å². The van der Waals surface area contributed by atoms with Crippen LogP contribution in [0.5, 0.6) is 11.5 Å². The van der Waals surface area contributed by atoms with Gasteiger partial charge in [0.2, 0.25) is 0 Å². The molecule has 3 aromatic rings. The zero-order chi connectivity index (χ0) is 22.5. The number of nitrogens with zero attached hydrogens (tertiary/aromatic N) is 1. The van der Waals surface area contributed by atoms with Crippen LogP contribution < -0.4 is 14.4 Å². The van der Waals surface area contributed by atoms with Crippen LogP contribution in [-0.2, 0) is 5.79 Å². The SMILES string of the molecule is Fc1ccc(C2(c3ccc(F)cc3Cl)Oc3cc(F)c(N4CCCCC4)cc3O2)c(Cl)c1. The van der Waals surface area contributed by atoms with Crippen molar-refractivity contribution in [1.82, 2.24) is 0 Å². The van der Waals surface area contributed by atoms with Gasteiger partial charge >= 0.3 is 5.79 Å². The maximum absolute atomic E-state index is 15.0. The second-order valence-electron chi connectivity index (χ2n) is 7.87. The molecule has 2 aliphatic heterocycles. The molecule has 1 saturated heterocycles. The fraction of sp³-hybridized carbons (Fsp3) is 0.250. The van der Waals surface area contributed by atoms with E-state index in [-0.39, 0.29) is 32.7 Å². The zero-order valence-corrected chi connectivity index (χ0v) is 18.3. The van der Waals surface area contributed by atoms with Crippen LogP contribution in [0.3, 0.4) is 0 Å². The van der Waals surface area contributed by atoms with E-state index >= 15 is 4.39 Å². The van der Waals surface area contributed by atoms with Gasteiger partial charge in [-0.25, -0.2) is 13.2 Å². The van der Waals surface area contributed by atoms with Crippen molar-refractivity contribution in [1.29, 1.82) is 0 Å². The lowest BCUT2D eigenvalue weighted by Gasteiger charge is -2.30. The number of hydrogen-bond donors (Lipinski definition) is 0. The first-order valence-corrected chi connectivity index (χ1v) is 11.0. The maximum atomic E-state index is 15.0. The lowest BCUT2D eigenvalue weighted by Crippen LogP contribution is -2.37. The quantitative estimate of drug-likeness (QED) is 0.400. The highest BCUT2D eigenvalue weighted by Gasteiger charge is 2.49. The van der Waals surface area contributed by atoms with Crippen molar-refractivity contribution < 1.29 is 22.6 Å². The minimum absolute atomic E-state index is 0.0231. The van der Waals surface area contributed by atoms with Gasteiger partial charge in [0, 0.05) is 25.2 Å². The van der Waals surface area contributed by atoms with Gasteiger partial charge in [0.05, 0.1) is 26.9 Å². The Morgan fingerprint density at radius 2 is 1.25 bits per heavy atom. The summed E-state index contributed by atoms with van der Waals surface area (Å²) in [5.41, 5.74) is 0.925. The Labute approximate surface area is 193 Å². The fourth-order valence-electron chi connectivity index (χ4n) is 4.27. The van der Waals surface area contributed by atoms with E-state index < -0.39 is 23.2 Å². The molecule has 0 aliphatic carbocycles. The summed E-state index contributed by atoms with van der Waals surface area (Å²) in [6.07, 6.45) is 3.07. The molecule has 0 amide bonds. The van der Waals surface area contributed by atoms with Crippen molar-refractivity contribution in [3.05, 3.63) is 87.2 Å². The Bertz CT molecular complexity index is 1150. The van der Waals surface area contributed by atoms with Crippen LogP contribution in [0, 0.1) is 17.5 Å². The van der Waals surface area contributed by atoms with Crippen LogP contribution in [-0.4, -0.2) is 13.1 Å². The highest BCUT2D eigenvalue weighted by molar-refractivity contribution is 6.32. The van der Waals surface area contributed by atoms with Crippen molar-refractivity contribution in [2.45, 2.75) is 25.0 Å². The van der Waals surface area contributed by atoms with Crippen molar-refractivity contribution >= 4 is 28.9 Å². The number of ether oxygens (including phenoxy) is 2. The highest BCUT2D eigenvalue weighted by atomic mass is 35.5. The van der Waals surface area contributed by atoms with E-state index in [0.717, 1.165) is 44.5 Å². The molecule has 3 nitrogen and oxygen atoms in total. The summed E-state index contributed by atoms with van der Waals surface area (Å²) in [5, 5.41) is 0.0462. The van der Waals surface area contributed by atoms with Crippen LogP contribution in [0.4, 0.5) is 18.9 Å². The van der Waals surface area contributed by atoms with Crippen LogP contribution in [0.1, 0.15) is 30.4 Å². The topological polar surface area (TPSA) is 21.7 Å². The monoisotopic (exact) mass is 479 g/mol. The summed E-state index contributed by atoms with van der Waals surface area (Å²) < 4.78 is 55.0. The first-order chi connectivity index (χ1) is 15.4. The second-order valence-corrected chi connectivity index (χ2v) is 8.68. The number of benzene rings is 3. The van der Waals surface area contributed by atoms with Gasteiger partial charge in [-0.15, -0.1) is 0 Å². The molecule has 0 atom stereocenters. The number of halogens is 5. The van der Waals surface area contributed by atoms with Crippen LogP contribution in [0.2, 0.25) is 10.0 Å². The molecule has 3 aromatic carbocycles. The van der Waals surface area contributed by atoms with Crippen molar-refractivity contribution in [3.63, 3.8) is 0 Å². The predicted octanol–water partition coefficient (Wildman–Crippen LogP) is 7.07. The summed E-state index contributed by atoms with van der Waals surface area (Å²) in [6.45, 7) is 1.49. The van der Waals surface area contributed by atoms with Crippen LogP contribution >= 0.6 is 23.2 Å². The Kier molecular flexibility index (Phi) is 5.38. The molecule has 32 heavy (non-hydrogen) atoms. The molecule has 0 aromatic heterocycles. The molecule has 0 unspecified atom stereocenters. The molecule has 0 saturated carbocycles. The van der Waals surface area contributed by atoms with E-state index in [1.165, 1.54) is 30.3 Å². The highest BCUT2D eigenvalue weighted by Crippen LogP contribution is 2.52. The minimum Gasteiger partial charge on any atom is -0.440 e.